The van der Waals surface area contributed by atoms with E-state index in [4.69, 9.17) is 4.74 Å². The molecule has 1 aliphatic heterocycles. The second-order valence-electron chi connectivity index (χ2n) is 6.47. The first-order chi connectivity index (χ1) is 9.65. The zero-order chi connectivity index (χ0) is 14.4. The van der Waals surface area contributed by atoms with Gasteiger partial charge in [0.1, 0.15) is 0 Å². The average molecular weight is 275 g/mol. The standard InChI is InChI=1S/C18H29NO/c1-4-19-14-18(9-11-20-12-10-18)13-16-5-7-17(8-6-16)15(2)3/h5-8,15,19H,4,9-14H2,1-3H3. The lowest BCUT2D eigenvalue weighted by atomic mass is 9.75. The number of hydrogen-bond acceptors (Lipinski definition) is 2. The zero-order valence-corrected chi connectivity index (χ0v) is 13.2. The molecule has 0 aliphatic carbocycles. The van der Waals surface area contributed by atoms with Crippen LogP contribution in [0.15, 0.2) is 24.3 Å². The van der Waals surface area contributed by atoms with Crippen molar-refractivity contribution < 1.29 is 4.74 Å². The van der Waals surface area contributed by atoms with Gasteiger partial charge in [-0.3, -0.25) is 0 Å². The van der Waals surface area contributed by atoms with Gasteiger partial charge in [-0.1, -0.05) is 45.0 Å². The topological polar surface area (TPSA) is 21.3 Å². The Morgan fingerprint density at radius 2 is 1.80 bits per heavy atom. The van der Waals surface area contributed by atoms with Crippen LogP contribution in [0.4, 0.5) is 0 Å². The lowest BCUT2D eigenvalue weighted by Gasteiger charge is -2.37. The summed E-state index contributed by atoms with van der Waals surface area (Å²) in [5.41, 5.74) is 3.28. The second-order valence-corrected chi connectivity index (χ2v) is 6.47. The smallest absolute Gasteiger partial charge is 0.0471 e. The molecule has 20 heavy (non-hydrogen) atoms. The molecule has 0 atom stereocenters. The molecule has 0 amide bonds. The molecular weight excluding hydrogens is 246 g/mol. The molecule has 1 heterocycles. The summed E-state index contributed by atoms with van der Waals surface area (Å²) in [5.74, 6) is 0.614. The van der Waals surface area contributed by atoms with Gasteiger partial charge in [-0.25, -0.2) is 0 Å². The third kappa shape index (κ3) is 4.07. The summed E-state index contributed by atoms with van der Waals surface area (Å²) in [7, 11) is 0. The van der Waals surface area contributed by atoms with Gasteiger partial charge in [0.05, 0.1) is 0 Å². The molecule has 2 heteroatoms. The van der Waals surface area contributed by atoms with Gasteiger partial charge in [-0.15, -0.1) is 0 Å². The molecular formula is C18H29NO. The molecule has 0 unspecified atom stereocenters. The van der Waals surface area contributed by atoms with Crippen molar-refractivity contribution in [2.75, 3.05) is 26.3 Å². The van der Waals surface area contributed by atoms with Crippen LogP contribution in [0.2, 0.25) is 0 Å². The van der Waals surface area contributed by atoms with Crippen LogP contribution in [0.5, 0.6) is 0 Å². The minimum atomic E-state index is 0.383. The molecule has 2 nitrogen and oxygen atoms in total. The summed E-state index contributed by atoms with van der Waals surface area (Å²) >= 11 is 0. The highest BCUT2D eigenvalue weighted by Gasteiger charge is 2.32. The van der Waals surface area contributed by atoms with E-state index in [1.165, 1.54) is 30.4 Å². The van der Waals surface area contributed by atoms with Crippen LogP contribution in [0.1, 0.15) is 50.7 Å². The molecule has 1 fully saturated rings. The molecule has 1 aliphatic rings. The predicted octanol–water partition coefficient (Wildman–Crippen LogP) is 3.76. The Morgan fingerprint density at radius 3 is 2.35 bits per heavy atom. The quantitative estimate of drug-likeness (QED) is 0.853. The molecule has 112 valence electrons. The highest BCUT2D eigenvalue weighted by molar-refractivity contribution is 5.25. The normalized spacial score (nSPS) is 18.4. The van der Waals surface area contributed by atoms with E-state index in [1.807, 2.05) is 0 Å². The fourth-order valence-electron chi connectivity index (χ4n) is 3.06. The molecule has 0 radical (unpaired) electrons. The molecule has 0 saturated carbocycles. The maximum Gasteiger partial charge on any atom is 0.0471 e. The van der Waals surface area contributed by atoms with Crippen molar-refractivity contribution in [1.82, 2.24) is 5.32 Å². The summed E-state index contributed by atoms with van der Waals surface area (Å²) in [5, 5.41) is 3.55. The van der Waals surface area contributed by atoms with Gasteiger partial charge in [0.15, 0.2) is 0 Å². The number of hydrogen-bond donors (Lipinski definition) is 1. The molecule has 2 rings (SSSR count). The van der Waals surface area contributed by atoms with Crippen LogP contribution >= 0.6 is 0 Å². The molecule has 1 aromatic carbocycles. The minimum absolute atomic E-state index is 0.383. The Labute approximate surface area is 123 Å². The first-order valence-corrected chi connectivity index (χ1v) is 8.02. The van der Waals surface area contributed by atoms with Crippen molar-refractivity contribution in [3.05, 3.63) is 35.4 Å². The van der Waals surface area contributed by atoms with Gasteiger partial charge in [-0.05, 0) is 48.3 Å². The zero-order valence-electron chi connectivity index (χ0n) is 13.2. The average Bonchev–Trinajstić information content (AvgIpc) is 2.47. The summed E-state index contributed by atoms with van der Waals surface area (Å²) < 4.78 is 5.57. The summed E-state index contributed by atoms with van der Waals surface area (Å²) in [6.45, 7) is 10.7. The van der Waals surface area contributed by atoms with Gasteiger partial charge in [0.2, 0.25) is 0 Å². The monoisotopic (exact) mass is 275 g/mol. The van der Waals surface area contributed by atoms with Gasteiger partial charge in [0, 0.05) is 19.8 Å². The van der Waals surface area contributed by atoms with Crippen LogP contribution in [0.25, 0.3) is 0 Å². The summed E-state index contributed by atoms with van der Waals surface area (Å²) in [6.07, 6.45) is 3.51. The van der Waals surface area contributed by atoms with Crippen molar-refractivity contribution >= 4 is 0 Å². The van der Waals surface area contributed by atoms with E-state index in [0.717, 1.165) is 26.3 Å². The molecule has 1 N–H and O–H groups in total. The number of benzene rings is 1. The van der Waals surface area contributed by atoms with Crippen molar-refractivity contribution in [3.8, 4) is 0 Å². The SMILES string of the molecule is CCNCC1(Cc2ccc(C(C)C)cc2)CCOCC1. The van der Waals surface area contributed by atoms with Gasteiger partial charge in [0.25, 0.3) is 0 Å². The van der Waals surface area contributed by atoms with Crippen molar-refractivity contribution in [1.29, 1.82) is 0 Å². The van der Waals surface area contributed by atoms with E-state index in [-0.39, 0.29) is 0 Å². The Kier molecular flexibility index (Phi) is 5.62. The minimum Gasteiger partial charge on any atom is -0.381 e. The Balaban J connectivity index is 2.06. The van der Waals surface area contributed by atoms with Crippen molar-refractivity contribution in [3.63, 3.8) is 0 Å². The van der Waals surface area contributed by atoms with E-state index in [2.05, 4.69) is 50.4 Å². The maximum absolute atomic E-state index is 5.57. The van der Waals surface area contributed by atoms with Crippen LogP contribution in [-0.2, 0) is 11.2 Å². The summed E-state index contributed by atoms with van der Waals surface area (Å²) in [6, 6.07) is 9.22. The first kappa shape index (κ1) is 15.5. The Morgan fingerprint density at radius 1 is 1.15 bits per heavy atom. The number of rotatable bonds is 6. The van der Waals surface area contributed by atoms with Crippen LogP contribution in [-0.4, -0.2) is 26.3 Å². The van der Waals surface area contributed by atoms with Crippen molar-refractivity contribution in [2.45, 2.75) is 46.0 Å². The Hall–Kier alpha value is -0.860. The van der Waals surface area contributed by atoms with E-state index >= 15 is 0 Å². The van der Waals surface area contributed by atoms with E-state index < -0.39 is 0 Å². The second kappa shape index (κ2) is 7.24. The lowest BCUT2D eigenvalue weighted by Crippen LogP contribution is -2.40. The Bertz CT molecular complexity index is 390. The predicted molar refractivity (Wildman–Crippen MR) is 85.3 cm³/mol. The first-order valence-electron chi connectivity index (χ1n) is 8.02. The summed E-state index contributed by atoms with van der Waals surface area (Å²) in [4.78, 5) is 0. The van der Waals surface area contributed by atoms with E-state index in [0.29, 0.717) is 11.3 Å². The third-order valence-electron chi connectivity index (χ3n) is 4.53. The van der Waals surface area contributed by atoms with E-state index in [9.17, 15) is 0 Å². The largest absolute Gasteiger partial charge is 0.381 e. The fraction of sp³-hybridized carbons (Fsp3) is 0.667. The molecule has 0 bridgehead atoms. The van der Waals surface area contributed by atoms with E-state index in [1.54, 1.807) is 0 Å². The highest BCUT2D eigenvalue weighted by Crippen LogP contribution is 2.34. The van der Waals surface area contributed by atoms with Crippen LogP contribution in [0.3, 0.4) is 0 Å². The lowest BCUT2D eigenvalue weighted by molar-refractivity contribution is 0.0152. The highest BCUT2D eigenvalue weighted by atomic mass is 16.5. The van der Waals surface area contributed by atoms with Crippen molar-refractivity contribution in [2.24, 2.45) is 5.41 Å². The maximum atomic E-state index is 5.57. The third-order valence-corrected chi connectivity index (χ3v) is 4.53. The fourth-order valence-corrected chi connectivity index (χ4v) is 3.06. The van der Waals surface area contributed by atoms with Gasteiger partial charge in [-0.2, -0.15) is 0 Å². The van der Waals surface area contributed by atoms with Crippen LogP contribution < -0.4 is 5.32 Å². The number of nitrogens with one attached hydrogen (secondary N) is 1. The van der Waals surface area contributed by atoms with Crippen LogP contribution in [0, 0.1) is 5.41 Å². The number of ether oxygens (including phenoxy) is 1. The molecule has 0 spiro atoms. The van der Waals surface area contributed by atoms with Gasteiger partial charge < -0.3 is 10.1 Å². The molecule has 0 aromatic heterocycles. The molecule has 1 aromatic rings. The molecule has 1 saturated heterocycles. The van der Waals surface area contributed by atoms with Gasteiger partial charge >= 0.3 is 0 Å².